The van der Waals surface area contributed by atoms with Crippen LogP contribution in [0.4, 0.5) is 19.3 Å². The summed E-state index contributed by atoms with van der Waals surface area (Å²) in [5.74, 6) is 0. The zero-order valence-electron chi connectivity index (χ0n) is 9.94. The van der Waals surface area contributed by atoms with Gasteiger partial charge in [0, 0.05) is 12.7 Å². The maximum atomic E-state index is 12.1. The summed E-state index contributed by atoms with van der Waals surface area (Å²) in [6.07, 6.45) is 0.0754. The maximum absolute atomic E-state index is 12.1. The number of hydrogen-bond donors (Lipinski definition) is 3. The first-order valence-corrected chi connectivity index (χ1v) is 5.51. The molecule has 0 spiro atoms. The second kappa shape index (κ2) is 6.90. The molecular formula is C10H16F2N4O2. The van der Waals surface area contributed by atoms with Crippen molar-refractivity contribution >= 4 is 11.7 Å². The van der Waals surface area contributed by atoms with Gasteiger partial charge in [-0.05, 0) is 13.3 Å². The lowest BCUT2D eigenvalue weighted by Crippen LogP contribution is -2.30. The fraction of sp³-hybridized carbons (Fsp3) is 0.600. The third-order valence-corrected chi connectivity index (χ3v) is 2.06. The van der Waals surface area contributed by atoms with E-state index in [-0.39, 0.29) is 0 Å². The van der Waals surface area contributed by atoms with E-state index in [0.717, 1.165) is 4.68 Å². The van der Waals surface area contributed by atoms with Crippen LogP contribution in [0.15, 0.2) is 12.4 Å². The molecule has 1 rings (SSSR count). The van der Waals surface area contributed by atoms with Gasteiger partial charge in [0.05, 0.1) is 18.0 Å². The molecule has 0 saturated carbocycles. The minimum absolute atomic E-state index is 0.328. The molecule has 0 aliphatic carbocycles. The lowest BCUT2D eigenvalue weighted by molar-refractivity contribution is 0.122. The zero-order valence-corrected chi connectivity index (χ0v) is 9.94. The van der Waals surface area contributed by atoms with Crippen molar-refractivity contribution in [2.24, 2.45) is 0 Å². The van der Waals surface area contributed by atoms with Crippen LogP contribution in [-0.4, -0.2) is 40.0 Å². The molecule has 1 unspecified atom stereocenters. The summed E-state index contributed by atoms with van der Waals surface area (Å²) in [6, 6.07) is -0.466. The van der Waals surface area contributed by atoms with Gasteiger partial charge in [-0.1, -0.05) is 0 Å². The lowest BCUT2D eigenvalue weighted by atomic mass is 10.3. The Balaban J connectivity index is 2.33. The first kappa shape index (κ1) is 14.4. The quantitative estimate of drug-likeness (QED) is 0.716. The SMILES string of the molecule is CC(O)CCNC(=O)Nc1cnn(CC(F)F)c1. The number of aliphatic hydroxyl groups is 1. The number of nitrogens with zero attached hydrogens (tertiary/aromatic N) is 2. The Morgan fingerprint density at radius 1 is 1.61 bits per heavy atom. The molecule has 2 amide bonds. The molecule has 0 aromatic carbocycles. The number of urea groups is 1. The molecule has 0 saturated heterocycles. The number of alkyl halides is 2. The second-order valence-electron chi connectivity index (χ2n) is 3.86. The number of amides is 2. The predicted molar refractivity (Wildman–Crippen MR) is 61.6 cm³/mol. The highest BCUT2D eigenvalue weighted by atomic mass is 19.3. The van der Waals surface area contributed by atoms with Gasteiger partial charge in [-0.25, -0.2) is 13.6 Å². The molecule has 0 radical (unpaired) electrons. The van der Waals surface area contributed by atoms with Crippen molar-refractivity contribution in [2.45, 2.75) is 32.4 Å². The normalized spacial score (nSPS) is 12.5. The Morgan fingerprint density at radius 2 is 2.33 bits per heavy atom. The standard InChI is InChI=1S/C10H16F2N4O2/c1-7(17)2-3-13-10(18)15-8-4-14-16(5-8)6-9(11)12/h4-5,7,9,17H,2-3,6H2,1H3,(H2,13,15,18). The highest BCUT2D eigenvalue weighted by Crippen LogP contribution is 2.06. The summed E-state index contributed by atoms with van der Waals surface area (Å²) < 4.78 is 25.2. The van der Waals surface area contributed by atoms with Gasteiger partial charge in [-0.15, -0.1) is 0 Å². The van der Waals surface area contributed by atoms with Crippen LogP contribution < -0.4 is 10.6 Å². The average molecular weight is 262 g/mol. The topological polar surface area (TPSA) is 79.2 Å². The van der Waals surface area contributed by atoms with Gasteiger partial charge in [0.15, 0.2) is 0 Å². The van der Waals surface area contributed by atoms with Crippen LogP contribution >= 0.6 is 0 Å². The highest BCUT2D eigenvalue weighted by molar-refractivity contribution is 5.88. The summed E-state index contributed by atoms with van der Waals surface area (Å²) in [4.78, 5) is 11.3. The van der Waals surface area contributed by atoms with Crippen LogP contribution in [0.5, 0.6) is 0 Å². The molecule has 18 heavy (non-hydrogen) atoms. The van der Waals surface area contributed by atoms with Gasteiger partial charge in [0.25, 0.3) is 6.43 Å². The number of aromatic nitrogens is 2. The summed E-state index contributed by atoms with van der Waals surface area (Å²) in [5, 5.41) is 17.6. The van der Waals surface area contributed by atoms with Gasteiger partial charge >= 0.3 is 6.03 Å². The fourth-order valence-electron chi connectivity index (χ4n) is 1.24. The molecule has 8 heteroatoms. The second-order valence-corrected chi connectivity index (χ2v) is 3.86. The van der Waals surface area contributed by atoms with E-state index in [2.05, 4.69) is 15.7 Å². The molecule has 0 fully saturated rings. The van der Waals surface area contributed by atoms with E-state index < -0.39 is 25.1 Å². The number of rotatable bonds is 6. The van der Waals surface area contributed by atoms with Gasteiger partial charge in [0.1, 0.15) is 6.54 Å². The monoisotopic (exact) mass is 262 g/mol. The summed E-state index contributed by atoms with van der Waals surface area (Å²) in [6.45, 7) is 1.44. The van der Waals surface area contributed by atoms with E-state index in [1.807, 2.05) is 0 Å². The third kappa shape index (κ3) is 5.58. The molecule has 6 nitrogen and oxygen atoms in total. The Kier molecular flexibility index (Phi) is 5.50. The van der Waals surface area contributed by atoms with E-state index in [4.69, 9.17) is 5.11 Å². The van der Waals surface area contributed by atoms with Crippen LogP contribution in [0.25, 0.3) is 0 Å². The highest BCUT2D eigenvalue weighted by Gasteiger charge is 2.07. The molecule has 102 valence electrons. The van der Waals surface area contributed by atoms with E-state index in [9.17, 15) is 13.6 Å². The van der Waals surface area contributed by atoms with Crippen molar-refractivity contribution in [3.05, 3.63) is 12.4 Å². The molecular weight excluding hydrogens is 246 g/mol. The maximum Gasteiger partial charge on any atom is 0.319 e. The number of carbonyl (C=O) groups excluding carboxylic acids is 1. The van der Waals surface area contributed by atoms with E-state index in [0.29, 0.717) is 18.7 Å². The van der Waals surface area contributed by atoms with Crippen LogP contribution in [-0.2, 0) is 6.54 Å². The van der Waals surface area contributed by atoms with Gasteiger partial charge in [-0.2, -0.15) is 5.10 Å². The van der Waals surface area contributed by atoms with Crippen LogP contribution in [0.1, 0.15) is 13.3 Å². The Hall–Kier alpha value is -1.70. The van der Waals surface area contributed by atoms with E-state index in [1.165, 1.54) is 12.4 Å². The Morgan fingerprint density at radius 3 is 2.94 bits per heavy atom. The molecule has 1 heterocycles. The minimum atomic E-state index is -2.49. The molecule has 0 aliphatic rings. The van der Waals surface area contributed by atoms with E-state index >= 15 is 0 Å². The lowest BCUT2D eigenvalue weighted by Gasteiger charge is -2.06. The average Bonchev–Trinajstić information content (AvgIpc) is 2.63. The van der Waals surface area contributed by atoms with Gasteiger partial charge in [-0.3, -0.25) is 4.68 Å². The largest absolute Gasteiger partial charge is 0.393 e. The molecule has 1 aromatic rings. The predicted octanol–water partition coefficient (Wildman–Crippen LogP) is 1.04. The summed E-state index contributed by atoms with van der Waals surface area (Å²) in [5.41, 5.74) is 0.338. The van der Waals surface area contributed by atoms with Crippen molar-refractivity contribution in [3.63, 3.8) is 0 Å². The summed E-state index contributed by atoms with van der Waals surface area (Å²) >= 11 is 0. The number of carbonyl (C=O) groups is 1. The van der Waals surface area contributed by atoms with Crippen molar-refractivity contribution in [2.75, 3.05) is 11.9 Å². The number of aliphatic hydroxyl groups excluding tert-OH is 1. The first-order valence-electron chi connectivity index (χ1n) is 5.51. The molecule has 1 atom stereocenters. The van der Waals surface area contributed by atoms with E-state index in [1.54, 1.807) is 6.92 Å². The Bertz CT molecular complexity index is 382. The van der Waals surface area contributed by atoms with Crippen LogP contribution in [0, 0.1) is 0 Å². The first-order chi connectivity index (χ1) is 8.47. The van der Waals surface area contributed by atoms with Gasteiger partial charge in [0.2, 0.25) is 0 Å². The van der Waals surface area contributed by atoms with Crippen molar-refractivity contribution in [3.8, 4) is 0 Å². The van der Waals surface area contributed by atoms with Crippen molar-refractivity contribution in [1.82, 2.24) is 15.1 Å². The van der Waals surface area contributed by atoms with Crippen LogP contribution in [0.2, 0.25) is 0 Å². The Labute approximate surface area is 103 Å². The van der Waals surface area contributed by atoms with Crippen molar-refractivity contribution < 1.29 is 18.7 Å². The number of anilines is 1. The number of nitrogens with one attached hydrogen (secondary N) is 2. The smallest absolute Gasteiger partial charge is 0.319 e. The summed E-state index contributed by atoms with van der Waals surface area (Å²) in [7, 11) is 0. The number of hydrogen-bond acceptors (Lipinski definition) is 3. The molecule has 3 N–H and O–H groups in total. The third-order valence-electron chi connectivity index (χ3n) is 2.06. The minimum Gasteiger partial charge on any atom is -0.393 e. The number of halogens is 2. The molecule has 0 aliphatic heterocycles. The van der Waals surface area contributed by atoms with Gasteiger partial charge < -0.3 is 15.7 Å². The zero-order chi connectivity index (χ0) is 13.5. The van der Waals surface area contributed by atoms with Crippen LogP contribution in [0.3, 0.4) is 0 Å². The van der Waals surface area contributed by atoms with Crippen molar-refractivity contribution in [1.29, 1.82) is 0 Å². The molecule has 0 bridgehead atoms. The fourth-order valence-corrected chi connectivity index (χ4v) is 1.24. The molecule has 1 aromatic heterocycles.